The highest BCUT2D eigenvalue weighted by molar-refractivity contribution is 7.81. The van der Waals surface area contributed by atoms with Gasteiger partial charge in [0.2, 0.25) is 0 Å². The predicted molar refractivity (Wildman–Crippen MR) is 74.8 cm³/mol. The highest BCUT2D eigenvalue weighted by Crippen LogP contribution is 2.31. The first-order chi connectivity index (χ1) is 9.13. The summed E-state index contributed by atoms with van der Waals surface area (Å²) in [5, 5.41) is 10.3. The van der Waals surface area contributed by atoms with E-state index in [-0.39, 0.29) is 6.54 Å². The van der Waals surface area contributed by atoms with Crippen molar-refractivity contribution in [1.29, 1.82) is 0 Å². The van der Waals surface area contributed by atoms with E-state index in [0.29, 0.717) is 15.6 Å². The lowest BCUT2D eigenvalue weighted by atomic mass is 9.84. The molecule has 1 amide bonds. The van der Waals surface area contributed by atoms with Crippen molar-refractivity contribution in [1.82, 2.24) is 10.0 Å². The van der Waals surface area contributed by atoms with Crippen molar-refractivity contribution in [3.8, 4) is 0 Å². The normalized spacial score (nSPS) is 18.3. The molecule has 0 bridgehead atoms. The molecule has 1 aromatic heterocycles. The van der Waals surface area contributed by atoms with Crippen LogP contribution in [0.3, 0.4) is 0 Å². The summed E-state index contributed by atoms with van der Waals surface area (Å²) in [6, 6.07) is 0. The summed E-state index contributed by atoms with van der Waals surface area (Å²) >= 11 is 5.36. The number of fused-ring (bicyclic) bond motifs is 3. The van der Waals surface area contributed by atoms with Gasteiger partial charge in [0.1, 0.15) is 5.69 Å². The van der Waals surface area contributed by atoms with E-state index in [1.165, 1.54) is 17.5 Å². The van der Waals surface area contributed by atoms with Crippen LogP contribution in [-0.4, -0.2) is 32.6 Å². The monoisotopic (exact) mass is 276 g/mol. The van der Waals surface area contributed by atoms with E-state index >= 15 is 0 Å². The fourth-order valence-electron chi connectivity index (χ4n) is 3.06. The maximum atomic E-state index is 12.1. The first kappa shape index (κ1) is 12.7. The minimum Gasteiger partial charge on any atom is -0.285 e. The van der Waals surface area contributed by atoms with Gasteiger partial charge >= 0.3 is 0 Å². The second kappa shape index (κ2) is 4.65. The van der Waals surface area contributed by atoms with Crippen LogP contribution in [0.4, 0.5) is 0 Å². The molecule has 0 aromatic carbocycles. The number of nitrogens with zero attached hydrogens (tertiary/aromatic N) is 2. The minimum absolute atomic E-state index is 0.112. The van der Waals surface area contributed by atoms with Crippen LogP contribution in [0.5, 0.6) is 0 Å². The van der Waals surface area contributed by atoms with Gasteiger partial charge in [-0.3, -0.25) is 10.0 Å². The third-order valence-electron chi connectivity index (χ3n) is 3.95. The largest absolute Gasteiger partial charge is 0.296 e. The molecule has 19 heavy (non-hydrogen) atoms. The smallest absolute Gasteiger partial charge is 0.285 e. The molecule has 0 fully saturated rings. The number of aryl methyl sites for hydroxylation is 1. The number of thiocarbonyl (C=S) groups is 1. The molecule has 5 heteroatoms. The van der Waals surface area contributed by atoms with E-state index in [2.05, 4.69) is 4.98 Å². The van der Waals surface area contributed by atoms with Gasteiger partial charge in [0.05, 0.1) is 6.54 Å². The molecule has 2 heterocycles. The average molecular weight is 276 g/mol. The molecule has 1 aliphatic heterocycles. The lowest BCUT2D eigenvalue weighted by molar-refractivity contribution is -0.0477. The van der Waals surface area contributed by atoms with Crippen LogP contribution in [-0.2, 0) is 19.3 Å². The summed E-state index contributed by atoms with van der Waals surface area (Å²) < 4.78 is 0. The maximum Gasteiger partial charge on any atom is 0.296 e. The standard InChI is InChI=1S/C14H16N2O2S/c1-2-10-8-5-3-4-6-9(8)12-11(19)7-16(18)14(17)13(12)15-10/h18H,2-7H2,1H3. The van der Waals surface area contributed by atoms with Crippen molar-refractivity contribution in [3.63, 3.8) is 0 Å². The molecule has 1 aliphatic carbocycles. The Labute approximate surface area is 117 Å². The molecule has 100 valence electrons. The zero-order valence-electron chi connectivity index (χ0n) is 10.9. The molecule has 2 aliphatic rings. The molecule has 0 saturated heterocycles. The molecule has 0 unspecified atom stereocenters. The Hall–Kier alpha value is -1.33. The zero-order valence-corrected chi connectivity index (χ0v) is 11.7. The molecule has 0 atom stereocenters. The number of pyridine rings is 1. The molecule has 3 rings (SSSR count). The fourth-order valence-corrected chi connectivity index (χ4v) is 3.40. The van der Waals surface area contributed by atoms with Crippen LogP contribution in [0.1, 0.15) is 52.6 Å². The number of aromatic nitrogens is 1. The van der Waals surface area contributed by atoms with Crippen molar-refractivity contribution in [3.05, 3.63) is 28.1 Å². The quantitative estimate of drug-likeness (QED) is 0.630. The number of hydroxylamine groups is 2. The minimum atomic E-state index is -0.424. The molecule has 1 N–H and O–H groups in total. The van der Waals surface area contributed by atoms with Gasteiger partial charge in [-0.05, 0) is 43.2 Å². The number of amides is 1. The SMILES string of the molecule is CCc1nc2c(c3c1CCCC3)C(=S)CN(O)C2=O. The summed E-state index contributed by atoms with van der Waals surface area (Å²) in [5.74, 6) is -0.424. The van der Waals surface area contributed by atoms with Crippen LogP contribution >= 0.6 is 12.2 Å². The Morgan fingerprint density at radius 3 is 2.68 bits per heavy atom. The van der Waals surface area contributed by atoms with Gasteiger partial charge in [-0.1, -0.05) is 19.1 Å². The van der Waals surface area contributed by atoms with Gasteiger partial charge in [-0.15, -0.1) is 0 Å². The first-order valence-electron chi connectivity index (χ1n) is 6.72. The average Bonchev–Trinajstić information content (AvgIpc) is 2.43. The molecular formula is C14H16N2O2S. The van der Waals surface area contributed by atoms with E-state index < -0.39 is 5.91 Å². The van der Waals surface area contributed by atoms with Crippen LogP contribution in [0.15, 0.2) is 0 Å². The van der Waals surface area contributed by atoms with Crippen LogP contribution in [0.2, 0.25) is 0 Å². The van der Waals surface area contributed by atoms with Gasteiger partial charge in [-0.2, -0.15) is 0 Å². The van der Waals surface area contributed by atoms with Crippen molar-refractivity contribution >= 4 is 23.0 Å². The van der Waals surface area contributed by atoms with Crippen LogP contribution in [0.25, 0.3) is 0 Å². The lowest BCUT2D eigenvalue weighted by Gasteiger charge is -2.29. The Balaban J connectivity index is 2.28. The Morgan fingerprint density at radius 2 is 2.00 bits per heavy atom. The van der Waals surface area contributed by atoms with Gasteiger partial charge in [0, 0.05) is 16.1 Å². The lowest BCUT2D eigenvalue weighted by Crippen LogP contribution is -2.40. The van der Waals surface area contributed by atoms with E-state index in [4.69, 9.17) is 12.2 Å². The first-order valence-corrected chi connectivity index (χ1v) is 7.12. The van der Waals surface area contributed by atoms with Crippen molar-refractivity contribution in [2.75, 3.05) is 6.54 Å². The van der Waals surface area contributed by atoms with E-state index in [9.17, 15) is 10.0 Å². The summed E-state index contributed by atoms with van der Waals surface area (Å²) in [6.45, 7) is 2.16. The van der Waals surface area contributed by atoms with Gasteiger partial charge in [0.15, 0.2) is 0 Å². The van der Waals surface area contributed by atoms with Crippen molar-refractivity contribution in [2.24, 2.45) is 0 Å². The summed E-state index contributed by atoms with van der Waals surface area (Å²) in [5.41, 5.74) is 4.65. The summed E-state index contributed by atoms with van der Waals surface area (Å²) in [7, 11) is 0. The van der Waals surface area contributed by atoms with Crippen molar-refractivity contribution < 1.29 is 10.0 Å². The molecule has 0 radical (unpaired) electrons. The number of hydrogen-bond donors (Lipinski definition) is 1. The highest BCUT2D eigenvalue weighted by atomic mass is 32.1. The molecule has 1 aromatic rings. The van der Waals surface area contributed by atoms with Gasteiger partial charge < -0.3 is 0 Å². The fraction of sp³-hybridized carbons (Fsp3) is 0.500. The number of rotatable bonds is 1. The molecule has 0 spiro atoms. The zero-order chi connectivity index (χ0) is 13.6. The third kappa shape index (κ3) is 1.88. The number of carbonyl (C=O) groups excluding carboxylic acids is 1. The van der Waals surface area contributed by atoms with Gasteiger partial charge in [-0.25, -0.2) is 10.0 Å². The predicted octanol–water partition coefficient (Wildman–Crippen LogP) is 2.09. The maximum absolute atomic E-state index is 12.1. The summed E-state index contributed by atoms with van der Waals surface area (Å²) in [6.07, 6.45) is 5.10. The van der Waals surface area contributed by atoms with E-state index in [1.54, 1.807) is 0 Å². The Morgan fingerprint density at radius 1 is 1.32 bits per heavy atom. The molecule has 0 saturated carbocycles. The van der Waals surface area contributed by atoms with Crippen LogP contribution in [0, 0.1) is 0 Å². The molecule has 4 nitrogen and oxygen atoms in total. The second-order valence-corrected chi connectivity index (χ2v) is 5.58. The van der Waals surface area contributed by atoms with E-state index in [1.807, 2.05) is 6.92 Å². The second-order valence-electron chi connectivity index (χ2n) is 5.09. The topological polar surface area (TPSA) is 53.4 Å². The van der Waals surface area contributed by atoms with Crippen molar-refractivity contribution in [2.45, 2.75) is 39.0 Å². The Kier molecular flexibility index (Phi) is 3.11. The van der Waals surface area contributed by atoms with Gasteiger partial charge in [0.25, 0.3) is 5.91 Å². The number of hydrogen-bond acceptors (Lipinski definition) is 4. The summed E-state index contributed by atoms with van der Waals surface area (Å²) in [4.78, 5) is 17.2. The number of carbonyl (C=O) groups is 1. The third-order valence-corrected chi connectivity index (χ3v) is 4.28. The highest BCUT2D eigenvalue weighted by Gasteiger charge is 2.33. The van der Waals surface area contributed by atoms with E-state index in [0.717, 1.165) is 36.9 Å². The van der Waals surface area contributed by atoms with Crippen LogP contribution < -0.4 is 0 Å². The Bertz CT molecular complexity index is 583. The molecular weight excluding hydrogens is 260 g/mol.